The minimum absolute atomic E-state index is 0.200. The summed E-state index contributed by atoms with van der Waals surface area (Å²) in [5.74, 6) is -0.400. The first kappa shape index (κ1) is 22.5. The first-order valence-electron chi connectivity index (χ1n) is 9.83. The summed E-state index contributed by atoms with van der Waals surface area (Å²) in [4.78, 5) is 24.4. The fourth-order valence-corrected chi connectivity index (χ4v) is 5.18. The van der Waals surface area contributed by atoms with E-state index in [1.165, 1.54) is 22.3 Å². The van der Waals surface area contributed by atoms with Crippen LogP contribution in [0.5, 0.6) is 0 Å². The molecule has 1 aliphatic carbocycles. The number of esters is 2. The molecule has 2 aromatic carbocycles. The van der Waals surface area contributed by atoms with Gasteiger partial charge >= 0.3 is 11.9 Å². The topological polar surface area (TPSA) is 52.6 Å². The normalized spacial score (nSPS) is 13.5. The van der Waals surface area contributed by atoms with Gasteiger partial charge in [-0.15, -0.1) is 0 Å². The zero-order valence-corrected chi connectivity index (χ0v) is 20.9. The van der Waals surface area contributed by atoms with Crippen molar-refractivity contribution in [3.05, 3.63) is 54.7 Å². The zero-order valence-electron chi connectivity index (χ0n) is 16.6. The monoisotopic (exact) mass is 618 g/mol. The lowest BCUT2D eigenvalue weighted by atomic mass is 9.71. The van der Waals surface area contributed by atoms with Crippen LogP contribution in [-0.4, -0.2) is 25.2 Å². The fourth-order valence-electron chi connectivity index (χ4n) is 4.20. The van der Waals surface area contributed by atoms with E-state index in [-0.39, 0.29) is 11.9 Å². The van der Waals surface area contributed by atoms with Gasteiger partial charge in [0.05, 0.1) is 13.2 Å². The Morgan fingerprint density at radius 2 is 1.21 bits per heavy atom. The van der Waals surface area contributed by atoms with E-state index in [0.29, 0.717) is 38.9 Å². The summed E-state index contributed by atoms with van der Waals surface area (Å²) in [5.41, 5.74) is 4.34. The Morgan fingerprint density at radius 3 is 1.59 bits per heavy atom. The second kappa shape index (κ2) is 9.76. The third kappa shape index (κ3) is 4.78. The van der Waals surface area contributed by atoms with Crippen molar-refractivity contribution in [2.45, 2.75) is 44.9 Å². The number of ether oxygens (including phenoxy) is 2. The quantitative estimate of drug-likeness (QED) is 0.276. The highest BCUT2D eigenvalue weighted by Crippen LogP contribution is 2.54. The molecule has 0 radical (unpaired) electrons. The molecule has 3 rings (SSSR count). The molecule has 0 bridgehead atoms. The lowest BCUT2D eigenvalue weighted by Crippen LogP contribution is -2.28. The van der Waals surface area contributed by atoms with E-state index in [4.69, 9.17) is 9.47 Å². The van der Waals surface area contributed by atoms with Crippen LogP contribution in [0.1, 0.15) is 50.7 Å². The van der Waals surface area contributed by atoms with E-state index in [1.54, 1.807) is 0 Å². The summed E-state index contributed by atoms with van der Waals surface area (Å²) in [6, 6.07) is 12.9. The van der Waals surface area contributed by atoms with Crippen molar-refractivity contribution in [1.29, 1.82) is 0 Å². The number of rotatable bonds is 8. The Hall–Kier alpha value is -1.16. The van der Waals surface area contributed by atoms with Crippen LogP contribution in [0.15, 0.2) is 36.4 Å². The first-order chi connectivity index (χ1) is 13.9. The van der Waals surface area contributed by atoms with Gasteiger partial charge in [-0.1, -0.05) is 12.1 Å². The Balaban J connectivity index is 2.09. The molecule has 1 aliphatic rings. The van der Waals surface area contributed by atoms with E-state index in [2.05, 4.69) is 81.6 Å². The largest absolute Gasteiger partial charge is 0.466 e. The second-order valence-electron chi connectivity index (χ2n) is 7.07. The van der Waals surface area contributed by atoms with Gasteiger partial charge in [0.25, 0.3) is 0 Å². The van der Waals surface area contributed by atoms with Crippen LogP contribution < -0.4 is 0 Å². The molecule has 0 heterocycles. The van der Waals surface area contributed by atoms with Gasteiger partial charge in [0.15, 0.2) is 0 Å². The predicted octanol–water partition coefficient (Wildman–Crippen LogP) is 5.85. The van der Waals surface area contributed by atoms with Gasteiger partial charge in [0.1, 0.15) is 0 Å². The zero-order chi connectivity index (χ0) is 21.0. The van der Waals surface area contributed by atoms with E-state index < -0.39 is 5.41 Å². The number of fused-ring (bicyclic) bond motifs is 3. The highest BCUT2D eigenvalue weighted by molar-refractivity contribution is 14.1. The van der Waals surface area contributed by atoms with Crippen molar-refractivity contribution in [2.75, 3.05) is 13.2 Å². The first-order valence-corrected chi connectivity index (χ1v) is 12.0. The molecule has 0 spiro atoms. The van der Waals surface area contributed by atoms with Crippen molar-refractivity contribution in [1.82, 2.24) is 0 Å². The number of hydrogen-bond donors (Lipinski definition) is 0. The molecule has 154 valence electrons. The van der Waals surface area contributed by atoms with Crippen molar-refractivity contribution >= 4 is 57.1 Å². The smallest absolute Gasteiger partial charge is 0.305 e. The molecule has 0 saturated heterocycles. The number of carbonyl (C=O) groups excluding carboxylic acids is 2. The molecule has 29 heavy (non-hydrogen) atoms. The summed E-state index contributed by atoms with van der Waals surface area (Å²) >= 11 is 4.64. The predicted molar refractivity (Wildman–Crippen MR) is 130 cm³/mol. The van der Waals surface area contributed by atoms with Gasteiger partial charge in [-0.2, -0.15) is 0 Å². The molecular weight excluding hydrogens is 594 g/mol. The second-order valence-corrected chi connectivity index (χ2v) is 9.56. The molecule has 0 saturated carbocycles. The van der Waals surface area contributed by atoms with Crippen LogP contribution >= 0.6 is 45.2 Å². The molecule has 0 atom stereocenters. The fraction of sp³-hybridized carbons (Fsp3) is 0.391. The molecule has 0 aliphatic heterocycles. The molecule has 6 heteroatoms. The molecule has 0 aromatic heterocycles. The molecule has 0 unspecified atom stereocenters. The molecular formula is C23H24I2O4. The van der Waals surface area contributed by atoms with Crippen molar-refractivity contribution in [3.63, 3.8) is 0 Å². The van der Waals surface area contributed by atoms with Crippen molar-refractivity contribution in [2.24, 2.45) is 0 Å². The maximum atomic E-state index is 12.2. The summed E-state index contributed by atoms with van der Waals surface area (Å²) < 4.78 is 12.7. The minimum Gasteiger partial charge on any atom is -0.466 e. The maximum absolute atomic E-state index is 12.2. The van der Waals surface area contributed by atoms with E-state index in [0.717, 1.165) is 7.14 Å². The average molecular weight is 618 g/mol. The van der Waals surface area contributed by atoms with Gasteiger partial charge in [-0.3, -0.25) is 9.59 Å². The standard InChI is InChI=1S/C23H24I2O4/c1-3-28-21(26)9-11-23(12-10-22(27)29-4-2)19-13-15(24)5-7-17(19)18-8-6-16(25)14-20(18)23/h5-8,13-14H,3-4,9-12H2,1-2H3. The Morgan fingerprint density at radius 1 is 0.793 bits per heavy atom. The van der Waals surface area contributed by atoms with E-state index in [1.807, 2.05) is 13.8 Å². The third-order valence-corrected chi connectivity index (χ3v) is 6.75. The van der Waals surface area contributed by atoms with E-state index >= 15 is 0 Å². The molecule has 0 amide bonds. The van der Waals surface area contributed by atoms with Crippen LogP contribution in [0.4, 0.5) is 0 Å². The third-order valence-electron chi connectivity index (χ3n) is 5.41. The molecule has 0 fully saturated rings. The van der Waals surface area contributed by atoms with E-state index in [9.17, 15) is 9.59 Å². The molecule has 0 N–H and O–H groups in total. The van der Waals surface area contributed by atoms with Crippen LogP contribution in [0, 0.1) is 7.14 Å². The van der Waals surface area contributed by atoms with Crippen LogP contribution in [-0.2, 0) is 24.5 Å². The summed E-state index contributed by atoms with van der Waals surface area (Å²) in [6.07, 6.45) is 1.83. The van der Waals surface area contributed by atoms with Crippen LogP contribution in [0.25, 0.3) is 11.1 Å². The Bertz CT molecular complexity index is 848. The minimum atomic E-state index is -0.410. The maximum Gasteiger partial charge on any atom is 0.305 e. The van der Waals surface area contributed by atoms with Gasteiger partial charge in [-0.05, 0) is 118 Å². The highest BCUT2D eigenvalue weighted by Gasteiger charge is 2.43. The van der Waals surface area contributed by atoms with Gasteiger partial charge in [-0.25, -0.2) is 0 Å². The Labute approximate surface area is 199 Å². The molecule has 2 aromatic rings. The molecule has 4 nitrogen and oxygen atoms in total. The van der Waals surface area contributed by atoms with Crippen molar-refractivity contribution < 1.29 is 19.1 Å². The van der Waals surface area contributed by atoms with Gasteiger partial charge in [0.2, 0.25) is 0 Å². The average Bonchev–Trinajstić information content (AvgIpc) is 2.94. The van der Waals surface area contributed by atoms with Crippen LogP contribution in [0.2, 0.25) is 0 Å². The van der Waals surface area contributed by atoms with Gasteiger partial charge in [0, 0.05) is 25.4 Å². The summed E-state index contributed by atoms with van der Waals surface area (Å²) in [6.45, 7) is 4.38. The number of carbonyl (C=O) groups is 2. The number of hydrogen-bond acceptors (Lipinski definition) is 4. The Kier molecular flexibility index (Phi) is 7.58. The number of halogens is 2. The van der Waals surface area contributed by atoms with Crippen molar-refractivity contribution in [3.8, 4) is 11.1 Å². The lowest BCUT2D eigenvalue weighted by molar-refractivity contribution is -0.143. The van der Waals surface area contributed by atoms with Crippen LogP contribution in [0.3, 0.4) is 0 Å². The lowest BCUT2D eigenvalue weighted by Gasteiger charge is -2.32. The van der Waals surface area contributed by atoms with Gasteiger partial charge < -0.3 is 9.47 Å². The highest BCUT2D eigenvalue weighted by atomic mass is 127. The summed E-state index contributed by atoms with van der Waals surface area (Å²) in [7, 11) is 0. The number of benzene rings is 2. The SMILES string of the molecule is CCOC(=O)CCC1(CCC(=O)OCC)c2cc(I)ccc2-c2ccc(I)cc21. The summed E-state index contributed by atoms with van der Waals surface area (Å²) in [5, 5.41) is 0.